The average molecular weight is 379 g/mol. The maximum Gasteiger partial charge on any atom is 0.0240 e. The molecule has 0 saturated carbocycles. The third-order valence-corrected chi connectivity index (χ3v) is 4.94. The van der Waals surface area contributed by atoms with Crippen LogP contribution >= 0.6 is 0 Å². The lowest BCUT2D eigenvalue weighted by Crippen LogP contribution is -2.52. The Morgan fingerprint density at radius 3 is 1.39 bits per heavy atom. The molecule has 0 aliphatic carbocycles. The summed E-state index contributed by atoms with van der Waals surface area (Å²) in [5, 5.41) is 0. The zero-order valence-corrected chi connectivity index (χ0v) is 18.7. The molecule has 0 amide bonds. The van der Waals surface area contributed by atoms with Crippen LogP contribution in [0.1, 0.15) is 52.7 Å². The van der Waals surface area contributed by atoms with Crippen LogP contribution in [0.15, 0.2) is 72.8 Å². The fourth-order valence-electron chi connectivity index (χ4n) is 3.83. The molecule has 0 fully saturated rings. The second-order valence-corrected chi connectivity index (χ2v) is 9.56. The number of rotatable bonds is 8. The number of benzene rings is 2. The zero-order valence-electron chi connectivity index (χ0n) is 18.7. The molecule has 0 bridgehead atoms. The molecule has 28 heavy (non-hydrogen) atoms. The molecule has 152 valence electrons. The van der Waals surface area contributed by atoms with Gasteiger partial charge in [0, 0.05) is 37.3 Å². The largest absolute Gasteiger partial charge is 0.291 e. The minimum Gasteiger partial charge on any atom is -0.291 e. The van der Waals surface area contributed by atoms with Gasteiger partial charge in [0.2, 0.25) is 0 Å². The van der Waals surface area contributed by atoms with Crippen LogP contribution in [0, 0.1) is 0 Å². The van der Waals surface area contributed by atoms with Crippen molar-refractivity contribution in [2.24, 2.45) is 0 Å². The summed E-state index contributed by atoms with van der Waals surface area (Å²) in [7, 11) is 0. The number of nitrogens with zero attached hydrogens (tertiary/aromatic N) is 2. The van der Waals surface area contributed by atoms with E-state index < -0.39 is 0 Å². The Bertz CT molecular complexity index is 650. The third-order valence-electron chi connectivity index (χ3n) is 4.94. The standard InChI is InChI=1S/C26H38N2/c1-25(2,3)28(26(4,5)6)20-14-13-19-27(21-23-15-9-7-10-16-23)22-24-17-11-8-12-18-24/h7-18H,19-22H2,1-6H3/b14-13+. The first-order valence-corrected chi connectivity index (χ1v) is 10.4. The van der Waals surface area contributed by atoms with Gasteiger partial charge in [-0.3, -0.25) is 9.80 Å². The monoisotopic (exact) mass is 378 g/mol. The topological polar surface area (TPSA) is 6.48 Å². The molecule has 0 aromatic heterocycles. The second-order valence-electron chi connectivity index (χ2n) is 9.56. The quantitative estimate of drug-likeness (QED) is 0.509. The lowest BCUT2D eigenvalue weighted by molar-refractivity contribution is 0.0518. The molecule has 2 aromatic carbocycles. The Hall–Kier alpha value is -1.90. The summed E-state index contributed by atoms with van der Waals surface area (Å²) < 4.78 is 0. The van der Waals surface area contributed by atoms with Crippen LogP contribution in [-0.4, -0.2) is 34.0 Å². The Morgan fingerprint density at radius 2 is 1.00 bits per heavy atom. The molecule has 0 heterocycles. The van der Waals surface area contributed by atoms with E-state index in [1.165, 1.54) is 11.1 Å². The van der Waals surface area contributed by atoms with Crippen molar-refractivity contribution in [2.75, 3.05) is 13.1 Å². The van der Waals surface area contributed by atoms with Gasteiger partial charge < -0.3 is 0 Å². The van der Waals surface area contributed by atoms with Crippen LogP contribution in [-0.2, 0) is 13.1 Å². The normalized spacial score (nSPS) is 13.0. The second kappa shape index (κ2) is 10.0. The zero-order chi connectivity index (χ0) is 20.6. The van der Waals surface area contributed by atoms with Crippen LogP contribution in [0.4, 0.5) is 0 Å². The predicted molar refractivity (Wildman–Crippen MR) is 122 cm³/mol. The molecule has 0 aliphatic rings. The SMILES string of the molecule is CC(C)(C)N(C/C=C/CN(Cc1ccccc1)Cc1ccccc1)C(C)(C)C. The van der Waals surface area contributed by atoms with E-state index in [2.05, 4.69) is 124 Å². The summed E-state index contributed by atoms with van der Waals surface area (Å²) in [6.07, 6.45) is 4.66. The number of hydrogen-bond donors (Lipinski definition) is 0. The van der Waals surface area contributed by atoms with Gasteiger partial charge >= 0.3 is 0 Å². The molecule has 2 aromatic rings. The van der Waals surface area contributed by atoms with E-state index in [4.69, 9.17) is 0 Å². The molecule has 0 radical (unpaired) electrons. The minimum atomic E-state index is 0.149. The highest BCUT2D eigenvalue weighted by molar-refractivity contribution is 5.17. The lowest BCUT2D eigenvalue weighted by atomic mass is 9.96. The summed E-state index contributed by atoms with van der Waals surface area (Å²) in [6.45, 7) is 17.6. The van der Waals surface area contributed by atoms with E-state index >= 15 is 0 Å². The van der Waals surface area contributed by atoms with Crippen LogP contribution in [0.25, 0.3) is 0 Å². The minimum absolute atomic E-state index is 0.149. The highest BCUT2D eigenvalue weighted by atomic mass is 15.2. The van der Waals surface area contributed by atoms with Crippen molar-refractivity contribution in [1.82, 2.24) is 9.80 Å². The fourth-order valence-corrected chi connectivity index (χ4v) is 3.83. The Kier molecular flexibility index (Phi) is 8.03. The van der Waals surface area contributed by atoms with E-state index in [1.54, 1.807) is 0 Å². The van der Waals surface area contributed by atoms with Crippen molar-refractivity contribution < 1.29 is 0 Å². The van der Waals surface area contributed by atoms with E-state index in [0.717, 1.165) is 26.2 Å². The molecule has 0 saturated heterocycles. The van der Waals surface area contributed by atoms with E-state index in [0.29, 0.717) is 0 Å². The average Bonchev–Trinajstić information content (AvgIpc) is 2.61. The van der Waals surface area contributed by atoms with Gasteiger partial charge in [-0.15, -0.1) is 0 Å². The van der Waals surface area contributed by atoms with Crippen molar-refractivity contribution in [3.63, 3.8) is 0 Å². The maximum atomic E-state index is 2.55. The van der Waals surface area contributed by atoms with Crippen molar-refractivity contribution in [3.8, 4) is 0 Å². The van der Waals surface area contributed by atoms with Gasteiger partial charge in [-0.05, 0) is 52.7 Å². The van der Waals surface area contributed by atoms with Crippen molar-refractivity contribution in [1.29, 1.82) is 0 Å². The predicted octanol–water partition coefficient (Wildman–Crippen LogP) is 6.14. The molecule has 2 heteroatoms. The van der Waals surface area contributed by atoms with Crippen LogP contribution in [0.3, 0.4) is 0 Å². The van der Waals surface area contributed by atoms with Gasteiger partial charge in [-0.25, -0.2) is 0 Å². The van der Waals surface area contributed by atoms with Crippen LogP contribution < -0.4 is 0 Å². The van der Waals surface area contributed by atoms with Gasteiger partial charge in [0.05, 0.1) is 0 Å². The van der Waals surface area contributed by atoms with E-state index in [9.17, 15) is 0 Å². The van der Waals surface area contributed by atoms with Gasteiger partial charge in [0.1, 0.15) is 0 Å². The molecule has 0 atom stereocenters. The van der Waals surface area contributed by atoms with Crippen molar-refractivity contribution >= 4 is 0 Å². The van der Waals surface area contributed by atoms with Crippen molar-refractivity contribution in [3.05, 3.63) is 83.9 Å². The molecular weight excluding hydrogens is 340 g/mol. The molecule has 2 nitrogen and oxygen atoms in total. The van der Waals surface area contributed by atoms with Gasteiger partial charge in [0.15, 0.2) is 0 Å². The first kappa shape index (κ1) is 22.4. The number of hydrogen-bond acceptors (Lipinski definition) is 2. The Balaban J connectivity index is 2.03. The first-order chi connectivity index (χ1) is 13.2. The molecule has 0 unspecified atom stereocenters. The van der Waals surface area contributed by atoms with Gasteiger partial charge in [-0.1, -0.05) is 72.8 Å². The summed E-state index contributed by atoms with van der Waals surface area (Å²) in [5.41, 5.74) is 3.02. The molecule has 0 N–H and O–H groups in total. The van der Waals surface area contributed by atoms with Gasteiger partial charge in [-0.2, -0.15) is 0 Å². The first-order valence-electron chi connectivity index (χ1n) is 10.4. The summed E-state index contributed by atoms with van der Waals surface area (Å²) in [6, 6.07) is 21.5. The van der Waals surface area contributed by atoms with Gasteiger partial charge in [0.25, 0.3) is 0 Å². The van der Waals surface area contributed by atoms with E-state index in [-0.39, 0.29) is 11.1 Å². The maximum absolute atomic E-state index is 2.55. The fraction of sp³-hybridized carbons (Fsp3) is 0.462. The molecule has 2 rings (SSSR count). The summed E-state index contributed by atoms with van der Waals surface area (Å²) >= 11 is 0. The summed E-state index contributed by atoms with van der Waals surface area (Å²) in [4.78, 5) is 5.05. The highest BCUT2D eigenvalue weighted by Crippen LogP contribution is 2.24. The van der Waals surface area contributed by atoms with Crippen LogP contribution in [0.5, 0.6) is 0 Å². The summed E-state index contributed by atoms with van der Waals surface area (Å²) in [5.74, 6) is 0. The smallest absolute Gasteiger partial charge is 0.0240 e. The Labute approximate surface area is 172 Å². The molecular formula is C26H38N2. The third kappa shape index (κ3) is 7.61. The molecule has 0 aliphatic heterocycles. The molecule has 0 spiro atoms. The lowest BCUT2D eigenvalue weighted by Gasteiger charge is -2.45. The van der Waals surface area contributed by atoms with Crippen LogP contribution in [0.2, 0.25) is 0 Å². The highest BCUT2D eigenvalue weighted by Gasteiger charge is 2.30. The van der Waals surface area contributed by atoms with E-state index in [1.807, 2.05) is 0 Å². The Morgan fingerprint density at radius 1 is 0.607 bits per heavy atom. The van der Waals surface area contributed by atoms with Crippen molar-refractivity contribution in [2.45, 2.75) is 65.7 Å².